The number of unbranched alkanes of at least 4 members (excludes halogenated alkanes) is 2. The van der Waals surface area contributed by atoms with Gasteiger partial charge >= 0.3 is 17.9 Å². The molecule has 0 radical (unpaired) electrons. The fourth-order valence-electron chi connectivity index (χ4n) is 3.19. The summed E-state index contributed by atoms with van der Waals surface area (Å²) >= 11 is 0. The van der Waals surface area contributed by atoms with E-state index in [1.807, 2.05) is 13.8 Å². The summed E-state index contributed by atoms with van der Waals surface area (Å²) in [5.74, 6) is -3.67. The first kappa shape index (κ1) is 34.0. The Hall–Kier alpha value is -2.12. The Morgan fingerprint density at radius 3 is 1.15 bits per heavy atom. The summed E-state index contributed by atoms with van der Waals surface area (Å²) in [6, 6.07) is 0. The molecule has 0 bridgehead atoms. The van der Waals surface area contributed by atoms with Gasteiger partial charge in [-0.15, -0.1) is 0 Å². The molecule has 0 aromatic carbocycles. The van der Waals surface area contributed by atoms with Crippen LogP contribution in [0.5, 0.6) is 0 Å². The van der Waals surface area contributed by atoms with Crippen LogP contribution in [0.3, 0.4) is 0 Å². The Balaban J connectivity index is 0. The molecule has 34 heavy (non-hydrogen) atoms. The van der Waals surface area contributed by atoms with Gasteiger partial charge in [0.25, 0.3) is 0 Å². The molecule has 0 spiro atoms. The van der Waals surface area contributed by atoms with Gasteiger partial charge in [-0.25, -0.2) is 0 Å². The van der Waals surface area contributed by atoms with E-state index in [1.54, 1.807) is 41.5 Å². The van der Waals surface area contributed by atoms with Crippen molar-refractivity contribution in [1.82, 2.24) is 0 Å². The third-order valence-corrected chi connectivity index (χ3v) is 6.93. The summed E-state index contributed by atoms with van der Waals surface area (Å²) in [5, 5.41) is 38.4. The molecule has 2 unspecified atom stereocenters. The van der Waals surface area contributed by atoms with Gasteiger partial charge in [0, 0.05) is 11.4 Å². The van der Waals surface area contributed by atoms with E-state index in [0.29, 0.717) is 38.5 Å². The van der Waals surface area contributed by atoms with E-state index >= 15 is 0 Å². The van der Waals surface area contributed by atoms with Crippen molar-refractivity contribution >= 4 is 23.9 Å². The quantitative estimate of drug-likeness (QED) is 0.275. The standard InChI is InChI=1S/2C13H24O4/c2*1-5-6-7-13(4,11(16)17)9-8-12(2,3)10(14)15/h2*5-9H2,1-4H3,(H,14,15)(H,16,17)/p-1. The van der Waals surface area contributed by atoms with E-state index in [4.69, 9.17) is 10.2 Å². The predicted molar refractivity (Wildman–Crippen MR) is 129 cm³/mol. The predicted octanol–water partition coefficient (Wildman–Crippen LogP) is 4.98. The molecule has 0 aliphatic rings. The second-order valence-corrected chi connectivity index (χ2v) is 11.3. The molecule has 0 aromatic heterocycles. The van der Waals surface area contributed by atoms with Gasteiger partial charge in [0.05, 0.1) is 16.2 Å². The lowest BCUT2D eigenvalue weighted by atomic mass is 9.75. The second kappa shape index (κ2) is 14.3. The maximum Gasteiger partial charge on any atom is 0.309 e. The number of carboxylic acid groups (broad SMARTS) is 4. The molecular weight excluding hydrogens is 440 g/mol. The van der Waals surface area contributed by atoms with Crippen LogP contribution in [0.1, 0.15) is 120 Å². The van der Waals surface area contributed by atoms with E-state index in [-0.39, 0.29) is 0 Å². The largest absolute Gasteiger partial charge is 0.550 e. The Morgan fingerprint density at radius 1 is 0.559 bits per heavy atom. The molecule has 0 aliphatic carbocycles. The maximum absolute atomic E-state index is 11.3. The molecule has 0 amide bonds. The van der Waals surface area contributed by atoms with Crippen LogP contribution in [0.2, 0.25) is 0 Å². The van der Waals surface area contributed by atoms with Gasteiger partial charge in [-0.2, -0.15) is 0 Å². The Kier molecular flexibility index (Phi) is 14.3. The summed E-state index contributed by atoms with van der Waals surface area (Å²) in [6.07, 6.45) is 6.17. The number of hydrogen-bond acceptors (Lipinski definition) is 5. The molecule has 200 valence electrons. The average Bonchev–Trinajstić information content (AvgIpc) is 2.73. The van der Waals surface area contributed by atoms with Crippen molar-refractivity contribution in [3.63, 3.8) is 0 Å². The molecule has 0 heterocycles. The second-order valence-electron chi connectivity index (χ2n) is 11.3. The highest BCUT2D eigenvalue weighted by molar-refractivity contribution is 5.76. The highest BCUT2D eigenvalue weighted by Gasteiger charge is 2.37. The maximum atomic E-state index is 11.3. The molecular formula is C26H47O8-. The molecule has 0 aliphatic heterocycles. The monoisotopic (exact) mass is 487 g/mol. The fraction of sp³-hybridized carbons (Fsp3) is 0.846. The lowest BCUT2D eigenvalue weighted by molar-refractivity contribution is -0.319. The third kappa shape index (κ3) is 11.8. The average molecular weight is 488 g/mol. The first-order valence-corrected chi connectivity index (χ1v) is 12.2. The van der Waals surface area contributed by atoms with Gasteiger partial charge in [-0.1, -0.05) is 46.5 Å². The van der Waals surface area contributed by atoms with Crippen LogP contribution >= 0.6 is 0 Å². The molecule has 8 heteroatoms. The number of hydrogen-bond donors (Lipinski definition) is 3. The Labute approximate surface area is 205 Å². The molecule has 3 N–H and O–H groups in total. The van der Waals surface area contributed by atoms with Crippen LogP contribution in [0.15, 0.2) is 0 Å². The van der Waals surface area contributed by atoms with E-state index in [0.717, 1.165) is 25.7 Å². The Morgan fingerprint density at radius 2 is 0.882 bits per heavy atom. The highest BCUT2D eigenvalue weighted by atomic mass is 16.4. The number of carbonyl (C=O) groups excluding carboxylic acids is 1. The Bertz CT molecular complexity index is 624. The molecule has 8 nitrogen and oxygen atoms in total. The molecule has 0 saturated heterocycles. The van der Waals surface area contributed by atoms with Crippen LogP contribution < -0.4 is 5.11 Å². The van der Waals surface area contributed by atoms with Crippen molar-refractivity contribution in [3.05, 3.63) is 0 Å². The van der Waals surface area contributed by atoms with Crippen molar-refractivity contribution in [2.75, 3.05) is 0 Å². The summed E-state index contributed by atoms with van der Waals surface area (Å²) in [6.45, 7) is 13.9. The van der Waals surface area contributed by atoms with Crippen LogP contribution in [0.4, 0.5) is 0 Å². The van der Waals surface area contributed by atoms with Gasteiger partial charge in [-0.05, 0) is 73.1 Å². The zero-order valence-electron chi connectivity index (χ0n) is 22.5. The van der Waals surface area contributed by atoms with Gasteiger partial charge in [0.1, 0.15) is 0 Å². The van der Waals surface area contributed by atoms with Crippen LogP contribution in [0, 0.1) is 21.7 Å². The van der Waals surface area contributed by atoms with Crippen LogP contribution in [-0.4, -0.2) is 39.2 Å². The van der Waals surface area contributed by atoms with Crippen molar-refractivity contribution in [2.24, 2.45) is 21.7 Å². The smallest absolute Gasteiger partial charge is 0.309 e. The minimum Gasteiger partial charge on any atom is -0.550 e. The number of aliphatic carboxylic acids is 4. The summed E-state index contributed by atoms with van der Waals surface area (Å²) < 4.78 is 0. The zero-order chi connectivity index (χ0) is 27.4. The fourth-order valence-corrected chi connectivity index (χ4v) is 3.19. The molecule has 0 fully saturated rings. The first-order valence-electron chi connectivity index (χ1n) is 12.2. The third-order valence-electron chi connectivity index (χ3n) is 6.93. The summed E-state index contributed by atoms with van der Waals surface area (Å²) in [5.41, 5.74) is -3.46. The number of carbonyl (C=O) groups is 4. The van der Waals surface area contributed by atoms with Gasteiger partial charge < -0.3 is 25.2 Å². The lowest BCUT2D eigenvalue weighted by Gasteiger charge is -2.33. The van der Waals surface area contributed by atoms with Crippen molar-refractivity contribution in [2.45, 2.75) is 120 Å². The molecule has 0 saturated carbocycles. The van der Waals surface area contributed by atoms with Crippen LogP contribution in [-0.2, 0) is 19.2 Å². The van der Waals surface area contributed by atoms with E-state index in [9.17, 15) is 29.4 Å². The zero-order valence-corrected chi connectivity index (χ0v) is 22.5. The molecule has 2 atom stereocenters. The lowest BCUT2D eigenvalue weighted by Crippen LogP contribution is -2.41. The number of rotatable bonds is 16. The van der Waals surface area contributed by atoms with E-state index in [1.165, 1.54) is 0 Å². The summed E-state index contributed by atoms with van der Waals surface area (Å²) in [7, 11) is 0. The SMILES string of the molecule is CCCCC(C)(CCC(C)(C)C(=O)O)C(=O)O.CCCCC(C)(CCC(C)(C)C(=O)O)C(=O)[O-]. The topological polar surface area (TPSA) is 152 Å². The highest BCUT2D eigenvalue weighted by Crippen LogP contribution is 2.36. The molecule has 0 aromatic rings. The van der Waals surface area contributed by atoms with Crippen molar-refractivity contribution in [1.29, 1.82) is 0 Å². The van der Waals surface area contributed by atoms with Crippen molar-refractivity contribution in [3.8, 4) is 0 Å². The minimum absolute atomic E-state index is 0.342. The van der Waals surface area contributed by atoms with Gasteiger partial charge in [0.2, 0.25) is 0 Å². The normalized spacial score (nSPS) is 15.3. The first-order chi connectivity index (χ1) is 15.3. The van der Waals surface area contributed by atoms with Gasteiger partial charge in [-0.3, -0.25) is 14.4 Å². The molecule has 0 rings (SSSR count). The van der Waals surface area contributed by atoms with E-state index in [2.05, 4.69) is 0 Å². The summed E-state index contributed by atoms with van der Waals surface area (Å²) in [4.78, 5) is 44.4. The number of carboxylic acids is 4. The van der Waals surface area contributed by atoms with Crippen molar-refractivity contribution < 1.29 is 39.6 Å². The van der Waals surface area contributed by atoms with E-state index < -0.39 is 45.5 Å². The minimum atomic E-state index is -1.08. The van der Waals surface area contributed by atoms with Crippen LogP contribution in [0.25, 0.3) is 0 Å². The van der Waals surface area contributed by atoms with Gasteiger partial charge in [0.15, 0.2) is 0 Å².